The van der Waals surface area contributed by atoms with E-state index >= 15 is 0 Å². The van der Waals surface area contributed by atoms with E-state index in [1.54, 1.807) is 0 Å². The Bertz CT molecular complexity index is 381. The van der Waals surface area contributed by atoms with Crippen LogP contribution in [-0.4, -0.2) is 15.7 Å². The van der Waals surface area contributed by atoms with Gasteiger partial charge in [-0.1, -0.05) is 47.3 Å². The van der Waals surface area contributed by atoms with Crippen molar-refractivity contribution in [3.63, 3.8) is 0 Å². The molecule has 0 N–H and O–H groups in total. The molecule has 12 heavy (non-hydrogen) atoms. The van der Waals surface area contributed by atoms with Gasteiger partial charge in [0, 0.05) is 0 Å². The van der Waals surface area contributed by atoms with E-state index in [1.165, 1.54) is 21.7 Å². The van der Waals surface area contributed by atoms with Gasteiger partial charge in [0.25, 0.3) is 0 Å². The van der Waals surface area contributed by atoms with Gasteiger partial charge in [-0.15, -0.1) is 0 Å². The highest BCUT2D eigenvalue weighted by Gasteiger charge is 1.95. The van der Waals surface area contributed by atoms with Crippen LogP contribution in [0.2, 0.25) is 0 Å². The van der Waals surface area contributed by atoms with Gasteiger partial charge in [0.2, 0.25) is 0 Å². The minimum Gasteiger partial charge on any atom is -0.0945 e. The van der Waals surface area contributed by atoms with Crippen LogP contribution in [0, 0.1) is 0 Å². The minimum atomic E-state index is 1.33. The van der Waals surface area contributed by atoms with E-state index in [9.17, 15) is 0 Å². The zero-order valence-electron chi connectivity index (χ0n) is 7.46. The molecule has 0 heterocycles. The van der Waals surface area contributed by atoms with Gasteiger partial charge >= 0.3 is 0 Å². The summed E-state index contributed by atoms with van der Waals surface area (Å²) < 4.78 is 0. The SMILES string of the molecule is Bc1cc2ccccc2cc1B. The Morgan fingerprint density at radius 2 is 1.17 bits per heavy atom. The lowest BCUT2D eigenvalue weighted by molar-refractivity contribution is 1.80. The Hall–Kier alpha value is -1.17. The fourth-order valence-electron chi connectivity index (χ4n) is 1.47. The molecular formula is C10H10B2. The highest BCUT2D eigenvalue weighted by molar-refractivity contribution is 6.49. The van der Waals surface area contributed by atoms with Gasteiger partial charge in [-0.3, -0.25) is 0 Å². The topological polar surface area (TPSA) is 0 Å². The lowest BCUT2D eigenvalue weighted by atomic mass is 9.79. The third-order valence-electron chi connectivity index (χ3n) is 2.36. The summed E-state index contributed by atoms with van der Waals surface area (Å²) in [7, 11) is 4.31. The molecule has 0 aliphatic heterocycles. The summed E-state index contributed by atoms with van der Waals surface area (Å²) in [6, 6.07) is 13.0. The van der Waals surface area contributed by atoms with E-state index in [0.717, 1.165) is 0 Å². The molecule has 0 aliphatic carbocycles. The molecule has 0 amide bonds. The zero-order valence-corrected chi connectivity index (χ0v) is 7.46. The van der Waals surface area contributed by atoms with Crippen molar-refractivity contribution < 1.29 is 0 Å². The molecule has 2 heteroatoms. The number of hydrogen-bond donors (Lipinski definition) is 0. The lowest BCUT2D eigenvalue weighted by Gasteiger charge is -2.02. The largest absolute Gasteiger partial charge is 0.138 e. The van der Waals surface area contributed by atoms with Gasteiger partial charge in [-0.2, -0.15) is 0 Å². The summed E-state index contributed by atoms with van der Waals surface area (Å²) in [5.74, 6) is 0. The van der Waals surface area contributed by atoms with Crippen molar-refractivity contribution in [2.24, 2.45) is 0 Å². The van der Waals surface area contributed by atoms with Crippen molar-refractivity contribution in [3.05, 3.63) is 36.4 Å². The van der Waals surface area contributed by atoms with Crippen LogP contribution in [0.5, 0.6) is 0 Å². The first-order chi connectivity index (χ1) is 5.77. The third kappa shape index (κ3) is 1.14. The molecule has 2 rings (SSSR count). The van der Waals surface area contributed by atoms with Crippen LogP contribution in [0.1, 0.15) is 0 Å². The smallest absolute Gasteiger partial charge is 0.0945 e. The number of benzene rings is 2. The highest BCUT2D eigenvalue weighted by atomic mass is 13.9. The summed E-state index contributed by atoms with van der Waals surface area (Å²) in [5.41, 5.74) is 2.74. The molecule has 0 fully saturated rings. The van der Waals surface area contributed by atoms with Gasteiger partial charge in [-0.25, -0.2) is 0 Å². The van der Waals surface area contributed by atoms with Gasteiger partial charge in [0.1, 0.15) is 15.7 Å². The molecule has 0 saturated heterocycles. The van der Waals surface area contributed by atoms with Gasteiger partial charge in [-0.05, 0) is 10.8 Å². The Labute approximate surface area is 74.4 Å². The van der Waals surface area contributed by atoms with Crippen LogP contribution >= 0.6 is 0 Å². The van der Waals surface area contributed by atoms with Crippen molar-refractivity contribution in [3.8, 4) is 0 Å². The van der Waals surface area contributed by atoms with Gasteiger partial charge in [0.15, 0.2) is 0 Å². The predicted molar refractivity (Wildman–Crippen MR) is 60.3 cm³/mol. The first kappa shape index (κ1) is 7.48. The molecule has 2 aromatic carbocycles. The molecule has 0 nitrogen and oxygen atoms in total. The molecule has 0 saturated carbocycles. The van der Waals surface area contributed by atoms with Gasteiger partial charge in [0.05, 0.1) is 0 Å². The maximum absolute atomic E-state index is 2.24. The molecule has 0 bridgehead atoms. The summed E-state index contributed by atoms with van der Waals surface area (Å²) in [6.07, 6.45) is 0. The van der Waals surface area contributed by atoms with E-state index in [4.69, 9.17) is 0 Å². The maximum atomic E-state index is 2.24. The van der Waals surface area contributed by atoms with Crippen molar-refractivity contribution in [2.75, 3.05) is 0 Å². The predicted octanol–water partition coefficient (Wildman–Crippen LogP) is -0.643. The normalized spacial score (nSPS) is 10.3. The van der Waals surface area contributed by atoms with Crippen molar-refractivity contribution >= 4 is 37.4 Å². The monoisotopic (exact) mass is 152 g/mol. The first-order valence-corrected chi connectivity index (χ1v) is 4.23. The zero-order chi connectivity index (χ0) is 8.55. The standard InChI is InChI=1S/C10H10B2/c11-9-5-7-3-1-2-4-8(7)6-10(9)12/h1-6H,11-12H2. The highest BCUT2D eigenvalue weighted by Crippen LogP contribution is 2.09. The van der Waals surface area contributed by atoms with Gasteiger partial charge < -0.3 is 0 Å². The Morgan fingerprint density at radius 3 is 1.58 bits per heavy atom. The van der Waals surface area contributed by atoms with Crippen molar-refractivity contribution in [2.45, 2.75) is 0 Å². The summed E-state index contributed by atoms with van der Waals surface area (Å²) in [4.78, 5) is 0. The van der Waals surface area contributed by atoms with Crippen molar-refractivity contribution in [1.29, 1.82) is 0 Å². The summed E-state index contributed by atoms with van der Waals surface area (Å²) >= 11 is 0. The maximum Gasteiger partial charge on any atom is 0.138 e. The van der Waals surface area contributed by atoms with E-state index in [-0.39, 0.29) is 0 Å². The number of fused-ring (bicyclic) bond motifs is 1. The fourth-order valence-corrected chi connectivity index (χ4v) is 1.47. The Morgan fingerprint density at radius 1 is 0.750 bits per heavy atom. The fraction of sp³-hybridized carbons (Fsp3) is 0. The van der Waals surface area contributed by atoms with E-state index in [1.807, 2.05) is 0 Å². The molecule has 0 spiro atoms. The lowest BCUT2D eigenvalue weighted by Crippen LogP contribution is -2.24. The molecule has 2 aromatic rings. The average Bonchev–Trinajstić information content (AvgIpc) is 2.07. The summed E-state index contributed by atoms with van der Waals surface area (Å²) in [5, 5.41) is 2.67. The molecular weight excluding hydrogens is 142 g/mol. The second-order valence-electron chi connectivity index (χ2n) is 3.28. The number of hydrogen-bond acceptors (Lipinski definition) is 0. The Kier molecular flexibility index (Phi) is 1.69. The minimum absolute atomic E-state index is 1.33. The van der Waals surface area contributed by atoms with Crippen LogP contribution in [-0.2, 0) is 0 Å². The van der Waals surface area contributed by atoms with E-state index in [0.29, 0.717) is 0 Å². The summed E-state index contributed by atoms with van der Waals surface area (Å²) in [6.45, 7) is 0. The van der Waals surface area contributed by atoms with Crippen LogP contribution < -0.4 is 10.9 Å². The average molecular weight is 152 g/mol. The first-order valence-electron chi connectivity index (χ1n) is 4.23. The molecule has 0 unspecified atom stereocenters. The van der Waals surface area contributed by atoms with Crippen LogP contribution in [0.3, 0.4) is 0 Å². The van der Waals surface area contributed by atoms with E-state index in [2.05, 4.69) is 52.1 Å². The quantitative estimate of drug-likeness (QED) is 0.440. The third-order valence-corrected chi connectivity index (χ3v) is 2.36. The number of rotatable bonds is 0. The van der Waals surface area contributed by atoms with Crippen molar-refractivity contribution in [1.82, 2.24) is 0 Å². The molecule has 0 atom stereocenters. The van der Waals surface area contributed by atoms with E-state index < -0.39 is 0 Å². The van der Waals surface area contributed by atoms with Crippen LogP contribution in [0.25, 0.3) is 10.8 Å². The molecule has 0 aliphatic rings. The second kappa shape index (κ2) is 2.71. The molecule has 0 aromatic heterocycles. The molecule has 56 valence electrons. The Balaban J connectivity index is 2.84. The second-order valence-corrected chi connectivity index (χ2v) is 3.28. The van der Waals surface area contributed by atoms with Crippen LogP contribution in [0.15, 0.2) is 36.4 Å². The van der Waals surface area contributed by atoms with Crippen LogP contribution in [0.4, 0.5) is 0 Å². The molecule has 0 radical (unpaired) electrons.